The van der Waals surface area contributed by atoms with Crippen LogP contribution >= 0.6 is 0 Å². The van der Waals surface area contributed by atoms with Crippen LogP contribution in [0.1, 0.15) is 31.4 Å². The van der Waals surface area contributed by atoms with Crippen LogP contribution in [0.5, 0.6) is 0 Å². The van der Waals surface area contributed by atoms with Crippen molar-refractivity contribution < 1.29 is 13.2 Å². The fourth-order valence-corrected chi connectivity index (χ4v) is 4.09. The van der Waals surface area contributed by atoms with Gasteiger partial charge in [-0.25, -0.2) is 0 Å². The second-order valence-corrected chi connectivity index (χ2v) is 8.04. The molecule has 8 heteroatoms. The lowest BCUT2D eigenvalue weighted by molar-refractivity contribution is -0.143. The zero-order valence-electron chi connectivity index (χ0n) is 17.3. The standard InChI is InChI=1S/C21H32F3N5/c1-3-25-20(27-19-9-10-28(14-19)15-21(22,23)24)26-12-16(2)29-11-8-17-6-4-5-7-18(17)13-29/h4-7,16,19H,3,8-15H2,1-2H3,(H2,25,26,27). The Hall–Kier alpha value is -1.80. The maximum atomic E-state index is 12.6. The second-order valence-electron chi connectivity index (χ2n) is 8.04. The van der Waals surface area contributed by atoms with E-state index < -0.39 is 12.7 Å². The van der Waals surface area contributed by atoms with E-state index in [1.54, 1.807) is 0 Å². The summed E-state index contributed by atoms with van der Waals surface area (Å²) in [5.74, 6) is 0.690. The van der Waals surface area contributed by atoms with E-state index in [4.69, 9.17) is 4.99 Å². The predicted octanol–water partition coefficient (Wildman–Crippen LogP) is 2.62. The lowest BCUT2D eigenvalue weighted by Gasteiger charge is -2.33. The smallest absolute Gasteiger partial charge is 0.357 e. The highest BCUT2D eigenvalue weighted by molar-refractivity contribution is 5.80. The van der Waals surface area contributed by atoms with Gasteiger partial charge >= 0.3 is 6.18 Å². The van der Waals surface area contributed by atoms with Crippen molar-refractivity contribution >= 4 is 5.96 Å². The van der Waals surface area contributed by atoms with Gasteiger partial charge in [-0.1, -0.05) is 24.3 Å². The number of benzene rings is 1. The van der Waals surface area contributed by atoms with Crippen molar-refractivity contribution in [1.29, 1.82) is 0 Å². The van der Waals surface area contributed by atoms with Crippen LogP contribution in [0.25, 0.3) is 0 Å². The first-order valence-electron chi connectivity index (χ1n) is 10.5. The number of likely N-dealkylation sites (tertiary alicyclic amines) is 1. The van der Waals surface area contributed by atoms with Gasteiger partial charge in [0.15, 0.2) is 5.96 Å². The maximum Gasteiger partial charge on any atom is 0.401 e. The van der Waals surface area contributed by atoms with Crippen molar-refractivity contribution in [3.05, 3.63) is 35.4 Å². The molecule has 162 valence electrons. The molecule has 1 aromatic carbocycles. The van der Waals surface area contributed by atoms with E-state index >= 15 is 0 Å². The molecular formula is C21H32F3N5. The molecule has 0 saturated carbocycles. The Balaban J connectivity index is 1.51. The molecule has 2 heterocycles. The van der Waals surface area contributed by atoms with Gasteiger partial charge in [0.2, 0.25) is 0 Å². The minimum atomic E-state index is -4.14. The monoisotopic (exact) mass is 411 g/mol. The van der Waals surface area contributed by atoms with Crippen LogP contribution in [0.3, 0.4) is 0 Å². The Morgan fingerprint density at radius 1 is 1.24 bits per heavy atom. The van der Waals surface area contributed by atoms with Crippen molar-refractivity contribution in [1.82, 2.24) is 20.4 Å². The summed E-state index contributed by atoms with van der Waals surface area (Å²) in [6.07, 6.45) is -2.39. The fourth-order valence-electron chi connectivity index (χ4n) is 4.09. The predicted molar refractivity (Wildman–Crippen MR) is 110 cm³/mol. The molecule has 0 aromatic heterocycles. The third kappa shape index (κ3) is 6.60. The molecule has 2 N–H and O–H groups in total. The number of nitrogens with zero attached hydrogens (tertiary/aromatic N) is 3. The van der Waals surface area contributed by atoms with Crippen LogP contribution in [0.15, 0.2) is 29.3 Å². The van der Waals surface area contributed by atoms with Crippen LogP contribution in [0.4, 0.5) is 13.2 Å². The number of hydrogen-bond donors (Lipinski definition) is 2. The molecule has 1 fully saturated rings. The molecule has 1 saturated heterocycles. The summed E-state index contributed by atoms with van der Waals surface area (Å²) in [6, 6.07) is 8.86. The van der Waals surface area contributed by atoms with Crippen LogP contribution in [0, 0.1) is 0 Å². The molecule has 2 unspecified atom stereocenters. The summed E-state index contributed by atoms with van der Waals surface area (Å²) in [5, 5.41) is 6.54. The Labute approximate surface area is 171 Å². The van der Waals surface area contributed by atoms with E-state index in [9.17, 15) is 13.2 Å². The molecule has 1 aromatic rings. The van der Waals surface area contributed by atoms with Gasteiger partial charge in [-0.05, 0) is 37.8 Å². The molecular weight excluding hydrogens is 379 g/mol. The third-order valence-electron chi connectivity index (χ3n) is 5.66. The molecule has 2 atom stereocenters. The Bertz CT molecular complexity index is 691. The van der Waals surface area contributed by atoms with E-state index in [0.29, 0.717) is 38.1 Å². The highest BCUT2D eigenvalue weighted by Crippen LogP contribution is 2.21. The number of alkyl halides is 3. The summed E-state index contributed by atoms with van der Waals surface area (Å²) in [6.45, 7) is 7.51. The molecule has 0 amide bonds. The van der Waals surface area contributed by atoms with Crippen LogP contribution in [0.2, 0.25) is 0 Å². The lowest BCUT2D eigenvalue weighted by Crippen LogP contribution is -2.46. The summed E-state index contributed by atoms with van der Waals surface area (Å²) < 4.78 is 37.8. The van der Waals surface area contributed by atoms with Gasteiger partial charge in [0.1, 0.15) is 0 Å². The topological polar surface area (TPSA) is 42.9 Å². The minimum Gasteiger partial charge on any atom is -0.357 e. The van der Waals surface area contributed by atoms with Crippen LogP contribution in [-0.2, 0) is 13.0 Å². The molecule has 5 nitrogen and oxygen atoms in total. The second kappa shape index (κ2) is 9.80. The quantitative estimate of drug-likeness (QED) is 0.558. The van der Waals surface area contributed by atoms with Gasteiger partial charge in [0.25, 0.3) is 0 Å². The Morgan fingerprint density at radius 2 is 2.00 bits per heavy atom. The average Bonchev–Trinajstić information content (AvgIpc) is 3.10. The minimum absolute atomic E-state index is 0.00711. The summed E-state index contributed by atoms with van der Waals surface area (Å²) in [7, 11) is 0. The van der Waals surface area contributed by atoms with Gasteiger partial charge < -0.3 is 10.6 Å². The molecule has 2 aliphatic heterocycles. The van der Waals surface area contributed by atoms with Crippen molar-refractivity contribution in [3.8, 4) is 0 Å². The molecule has 0 aliphatic carbocycles. The Kier molecular flexibility index (Phi) is 7.40. The van der Waals surface area contributed by atoms with Gasteiger partial charge in [0.05, 0.1) is 13.1 Å². The van der Waals surface area contributed by atoms with Gasteiger partial charge in [-0.3, -0.25) is 14.8 Å². The first kappa shape index (κ1) is 21.9. The maximum absolute atomic E-state index is 12.6. The Morgan fingerprint density at radius 3 is 2.72 bits per heavy atom. The SMILES string of the molecule is CCNC(=NCC(C)N1CCc2ccccc2C1)NC1CCN(CC(F)(F)F)C1. The van der Waals surface area contributed by atoms with E-state index in [-0.39, 0.29) is 6.04 Å². The van der Waals surface area contributed by atoms with Gasteiger partial charge in [-0.2, -0.15) is 13.2 Å². The first-order chi connectivity index (χ1) is 13.8. The molecule has 2 aliphatic rings. The van der Waals surface area contributed by atoms with E-state index in [1.165, 1.54) is 16.0 Å². The number of fused-ring (bicyclic) bond motifs is 1. The van der Waals surface area contributed by atoms with Crippen molar-refractivity contribution in [2.24, 2.45) is 4.99 Å². The molecule has 0 bridgehead atoms. The molecule has 0 radical (unpaired) electrons. The summed E-state index contributed by atoms with van der Waals surface area (Å²) >= 11 is 0. The van der Waals surface area contributed by atoms with Crippen molar-refractivity contribution in [2.45, 2.75) is 51.5 Å². The van der Waals surface area contributed by atoms with Gasteiger partial charge in [-0.15, -0.1) is 0 Å². The van der Waals surface area contributed by atoms with Crippen molar-refractivity contribution in [3.63, 3.8) is 0 Å². The highest BCUT2D eigenvalue weighted by atomic mass is 19.4. The number of guanidine groups is 1. The third-order valence-corrected chi connectivity index (χ3v) is 5.66. The lowest BCUT2D eigenvalue weighted by atomic mass is 9.99. The first-order valence-corrected chi connectivity index (χ1v) is 10.5. The number of nitrogens with one attached hydrogen (secondary N) is 2. The van der Waals surface area contributed by atoms with Crippen LogP contribution < -0.4 is 10.6 Å². The number of rotatable bonds is 6. The normalized spacial score (nSPS) is 22.4. The van der Waals surface area contributed by atoms with E-state index in [0.717, 1.165) is 26.1 Å². The van der Waals surface area contributed by atoms with Gasteiger partial charge in [0, 0.05) is 44.8 Å². The average molecular weight is 412 g/mol. The van der Waals surface area contributed by atoms with E-state index in [1.807, 2.05) is 6.92 Å². The van der Waals surface area contributed by atoms with Crippen LogP contribution in [-0.4, -0.2) is 73.3 Å². The molecule has 0 spiro atoms. The molecule has 3 rings (SSSR count). The van der Waals surface area contributed by atoms with Crippen molar-refractivity contribution in [2.75, 3.05) is 39.3 Å². The number of hydrogen-bond acceptors (Lipinski definition) is 3. The van der Waals surface area contributed by atoms with E-state index in [2.05, 4.69) is 46.7 Å². The largest absolute Gasteiger partial charge is 0.401 e. The summed E-state index contributed by atoms with van der Waals surface area (Å²) in [5.41, 5.74) is 2.81. The summed E-state index contributed by atoms with van der Waals surface area (Å²) in [4.78, 5) is 8.61. The fraction of sp³-hybridized carbons (Fsp3) is 0.667. The number of halogens is 3. The molecule has 29 heavy (non-hydrogen) atoms. The highest BCUT2D eigenvalue weighted by Gasteiger charge is 2.34. The zero-order chi connectivity index (χ0) is 20.9. The number of aliphatic imine (C=N–C) groups is 1. The zero-order valence-corrected chi connectivity index (χ0v) is 17.3.